The summed E-state index contributed by atoms with van der Waals surface area (Å²) in [7, 11) is 1.87. The Balaban J connectivity index is 1.85. The monoisotopic (exact) mass is 332 g/mol. The zero-order chi connectivity index (χ0) is 16.6. The number of nitrogens with zero attached hydrogens (tertiary/aromatic N) is 3. The standard InChI is InChI=1S/C17H21ClN4O/c1-11-15(16(18)21(2)20-11)14-7-4-8-22(14)10-12-5-3-6-13(9-12)17(19)23/h3,5-6,9,14H,4,7-8,10H2,1-2H3,(H2,19,23)/t14-/m1/s1. The lowest BCUT2D eigenvalue weighted by molar-refractivity contribution is 0.1000. The molecule has 0 saturated carbocycles. The van der Waals surface area contributed by atoms with Crippen molar-refractivity contribution >= 4 is 17.5 Å². The van der Waals surface area contributed by atoms with Crippen LogP contribution in [0.25, 0.3) is 0 Å². The van der Waals surface area contributed by atoms with E-state index in [2.05, 4.69) is 10.00 Å². The van der Waals surface area contributed by atoms with E-state index in [1.807, 2.05) is 32.2 Å². The Hall–Kier alpha value is -1.85. The topological polar surface area (TPSA) is 64.2 Å². The molecule has 0 radical (unpaired) electrons. The zero-order valence-corrected chi connectivity index (χ0v) is 14.2. The average Bonchev–Trinajstić information content (AvgIpc) is 3.04. The maximum atomic E-state index is 11.3. The van der Waals surface area contributed by atoms with Crippen molar-refractivity contribution in [2.75, 3.05) is 6.54 Å². The highest BCUT2D eigenvalue weighted by Crippen LogP contribution is 2.38. The van der Waals surface area contributed by atoms with Gasteiger partial charge < -0.3 is 5.73 Å². The van der Waals surface area contributed by atoms with Gasteiger partial charge in [-0.1, -0.05) is 23.7 Å². The van der Waals surface area contributed by atoms with E-state index >= 15 is 0 Å². The first-order valence-electron chi connectivity index (χ1n) is 7.79. The van der Waals surface area contributed by atoms with Crippen LogP contribution < -0.4 is 5.73 Å². The molecule has 5 nitrogen and oxygen atoms in total. The SMILES string of the molecule is Cc1nn(C)c(Cl)c1[C@H]1CCCN1Cc1cccc(C(N)=O)c1. The van der Waals surface area contributed by atoms with Gasteiger partial charge in [0.05, 0.1) is 5.69 Å². The first kappa shape index (κ1) is 16.0. The van der Waals surface area contributed by atoms with Gasteiger partial charge in [0.2, 0.25) is 5.91 Å². The van der Waals surface area contributed by atoms with Crippen molar-refractivity contribution in [3.63, 3.8) is 0 Å². The molecule has 1 aromatic carbocycles. The quantitative estimate of drug-likeness (QED) is 0.936. The summed E-state index contributed by atoms with van der Waals surface area (Å²) in [6.45, 7) is 3.79. The van der Waals surface area contributed by atoms with Crippen molar-refractivity contribution in [2.45, 2.75) is 32.4 Å². The van der Waals surface area contributed by atoms with Gasteiger partial charge in [0.1, 0.15) is 5.15 Å². The van der Waals surface area contributed by atoms with Gasteiger partial charge in [-0.3, -0.25) is 14.4 Å². The third kappa shape index (κ3) is 3.12. The van der Waals surface area contributed by atoms with Crippen LogP contribution in [0.1, 0.15) is 46.1 Å². The lowest BCUT2D eigenvalue weighted by Gasteiger charge is -2.25. The number of hydrogen-bond donors (Lipinski definition) is 1. The number of benzene rings is 1. The molecule has 122 valence electrons. The van der Waals surface area contributed by atoms with Crippen LogP contribution in [0.3, 0.4) is 0 Å². The maximum absolute atomic E-state index is 11.3. The molecule has 1 atom stereocenters. The molecule has 6 heteroatoms. The van der Waals surface area contributed by atoms with Gasteiger partial charge in [-0.2, -0.15) is 5.10 Å². The predicted octanol–water partition coefficient (Wildman–Crippen LogP) is 2.82. The van der Waals surface area contributed by atoms with E-state index in [0.717, 1.165) is 42.8 Å². The fraction of sp³-hybridized carbons (Fsp3) is 0.412. The smallest absolute Gasteiger partial charge is 0.248 e. The highest BCUT2D eigenvalue weighted by atomic mass is 35.5. The molecule has 0 aliphatic carbocycles. The molecule has 3 rings (SSSR count). The van der Waals surface area contributed by atoms with E-state index in [0.29, 0.717) is 10.7 Å². The lowest BCUT2D eigenvalue weighted by atomic mass is 10.0. The predicted molar refractivity (Wildman–Crippen MR) is 90.3 cm³/mol. The van der Waals surface area contributed by atoms with Gasteiger partial charge in [0.25, 0.3) is 0 Å². The van der Waals surface area contributed by atoms with Gasteiger partial charge in [-0.15, -0.1) is 0 Å². The van der Waals surface area contributed by atoms with Gasteiger partial charge in [0, 0.05) is 30.8 Å². The van der Waals surface area contributed by atoms with Crippen molar-refractivity contribution < 1.29 is 4.79 Å². The molecule has 23 heavy (non-hydrogen) atoms. The Bertz CT molecular complexity index is 740. The summed E-state index contributed by atoms with van der Waals surface area (Å²) in [5.41, 5.74) is 9.12. The van der Waals surface area contributed by atoms with Crippen LogP contribution in [-0.4, -0.2) is 27.1 Å². The van der Waals surface area contributed by atoms with Crippen LogP contribution in [0.4, 0.5) is 0 Å². The van der Waals surface area contributed by atoms with Crippen molar-refractivity contribution in [1.82, 2.24) is 14.7 Å². The first-order valence-corrected chi connectivity index (χ1v) is 8.17. The van der Waals surface area contributed by atoms with Gasteiger partial charge in [-0.05, 0) is 44.0 Å². The van der Waals surface area contributed by atoms with E-state index in [-0.39, 0.29) is 6.04 Å². The number of nitrogens with two attached hydrogens (primary N) is 1. The molecule has 2 N–H and O–H groups in total. The number of carbonyl (C=O) groups is 1. The Labute approximate surface area is 141 Å². The van der Waals surface area contributed by atoms with Crippen molar-refractivity contribution in [3.05, 3.63) is 51.8 Å². The first-order chi connectivity index (χ1) is 11.0. The van der Waals surface area contributed by atoms with Crippen molar-refractivity contribution in [3.8, 4) is 0 Å². The van der Waals surface area contributed by atoms with Crippen LogP contribution >= 0.6 is 11.6 Å². The molecule has 2 heterocycles. The minimum atomic E-state index is -0.393. The maximum Gasteiger partial charge on any atom is 0.248 e. The number of rotatable bonds is 4. The zero-order valence-electron chi connectivity index (χ0n) is 13.4. The highest BCUT2D eigenvalue weighted by molar-refractivity contribution is 6.30. The van der Waals surface area contributed by atoms with Gasteiger partial charge >= 0.3 is 0 Å². The molecule has 2 aromatic rings. The van der Waals surface area contributed by atoms with Crippen LogP contribution in [0.15, 0.2) is 24.3 Å². The van der Waals surface area contributed by atoms with Gasteiger partial charge in [0.15, 0.2) is 0 Å². The molecule has 0 spiro atoms. The minimum absolute atomic E-state index is 0.272. The molecule has 1 aromatic heterocycles. The molecular weight excluding hydrogens is 312 g/mol. The molecular formula is C17H21ClN4O. The summed E-state index contributed by atoms with van der Waals surface area (Å²) in [4.78, 5) is 13.7. The summed E-state index contributed by atoms with van der Waals surface area (Å²) >= 11 is 6.44. The molecule has 1 aliphatic rings. The van der Waals surface area contributed by atoms with Crippen LogP contribution in [0.5, 0.6) is 0 Å². The van der Waals surface area contributed by atoms with Gasteiger partial charge in [-0.25, -0.2) is 0 Å². The van der Waals surface area contributed by atoms with Crippen LogP contribution in [0, 0.1) is 6.92 Å². The number of primary amides is 1. The molecule has 1 fully saturated rings. The Morgan fingerprint density at radius 2 is 2.26 bits per heavy atom. The number of hydrogen-bond acceptors (Lipinski definition) is 3. The molecule has 1 aliphatic heterocycles. The highest BCUT2D eigenvalue weighted by Gasteiger charge is 2.31. The van der Waals surface area contributed by atoms with Crippen molar-refractivity contribution in [1.29, 1.82) is 0 Å². The van der Waals surface area contributed by atoms with E-state index < -0.39 is 5.91 Å². The fourth-order valence-electron chi connectivity index (χ4n) is 3.42. The second-order valence-electron chi connectivity index (χ2n) is 6.11. The van der Waals surface area contributed by atoms with E-state index in [1.165, 1.54) is 0 Å². The fourth-order valence-corrected chi connectivity index (χ4v) is 3.73. The number of halogens is 1. The van der Waals surface area contributed by atoms with Crippen LogP contribution in [0.2, 0.25) is 5.15 Å². The van der Waals surface area contributed by atoms with E-state index in [4.69, 9.17) is 17.3 Å². The summed E-state index contributed by atoms with van der Waals surface area (Å²) in [5.74, 6) is -0.393. The summed E-state index contributed by atoms with van der Waals surface area (Å²) in [5, 5.41) is 5.14. The second-order valence-corrected chi connectivity index (χ2v) is 6.46. The number of aromatic nitrogens is 2. The Kier molecular flexibility index (Phi) is 4.41. The Morgan fingerprint density at radius 1 is 1.48 bits per heavy atom. The molecule has 1 saturated heterocycles. The minimum Gasteiger partial charge on any atom is -0.366 e. The van der Waals surface area contributed by atoms with Crippen molar-refractivity contribution in [2.24, 2.45) is 12.8 Å². The number of likely N-dealkylation sites (tertiary alicyclic amines) is 1. The molecule has 1 amide bonds. The van der Waals surface area contributed by atoms with E-state index in [1.54, 1.807) is 10.7 Å². The lowest BCUT2D eigenvalue weighted by Crippen LogP contribution is -2.23. The Morgan fingerprint density at radius 3 is 2.91 bits per heavy atom. The summed E-state index contributed by atoms with van der Waals surface area (Å²) < 4.78 is 1.73. The average molecular weight is 333 g/mol. The third-order valence-electron chi connectivity index (χ3n) is 4.49. The molecule has 0 unspecified atom stereocenters. The van der Waals surface area contributed by atoms with E-state index in [9.17, 15) is 4.79 Å². The normalized spacial score (nSPS) is 18.5. The summed E-state index contributed by atoms with van der Waals surface area (Å²) in [6, 6.07) is 7.79. The molecule has 0 bridgehead atoms. The second kappa shape index (κ2) is 6.34. The van der Waals surface area contributed by atoms with Crippen LogP contribution in [-0.2, 0) is 13.6 Å². The number of carbonyl (C=O) groups excluding carboxylic acids is 1. The largest absolute Gasteiger partial charge is 0.366 e. The summed E-state index contributed by atoms with van der Waals surface area (Å²) in [6.07, 6.45) is 2.20. The number of aryl methyl sites for hydroxylation is 2. The number of amides is 1. The third-order valence-corrected chi connectivity index (χ3v) is 4.94.